The molecule has 0 aliphatic carbocycles. The van der Waals surface area contributed by atoms with Gasteiger partial charge in [0.25, 0.3) is 5.91 Å². The maximum absolute atomic E-state index is 12.6. The molecule has 0 aliphatic heterocycles. The summed E-state index contributed by atoms with van der Waals surface area (Å²) >= 11 is 0. The third-order valence-corrected chi connectivity index (χ3v) is 3.80. The van der Waals surface area contributed by atoms with Gasteiger partial charge >= 0.3 is 0 Å². The average Bonchev–Trinajstić information content (AvgIpc) is 2.91. The van der Waals surface area contributed by atoms with Crippen LogP contribution in [0.4, 0.5) is 5.95 Å². The normalized spacial score (nSPS) is 12.1. The molecule has 1 aromatic heterocycles. The van der Waals surface area contributed by atoms with Crippen LogP contribution in [0.15, 0.2) is 54.6 Å². The number of benzene rings is 2. The molecule has 0 radical (unpaired) electrons. The van der Waals surface area contributed by atoms with E-state index in [4.69, 9.17) is 4.74 Å². The first-order valence-electron chi connectivity index (χ1n) is 7.48. The van der Waals surface area contributed by atoms with Gasteiger partial charge in [-0.25, -0.2) is 4.98 Å². The molecule has 1 atom stereocenters. The molecule has 3 rings (SSSR count). The Morgan fingerprint density at radius 1 is 1.13 bits per heavy atom. The summed E-state index contributed by atoms with van der Waals surface area (Å²) in [7, 11) is 3.62. The Hall–Kier alpha value is -2.82. The first-order chi connectivity index (χ1) is 11.1. The smallest absolute Gasteiger partial charge is 0.269 e. The van der Waals surface area contributed by atoms with Gasteiger partial charge in [-0.2, -0.15) is 0 Å². The number of amides is 1. The van der Waals surface area contributed by atoms with Gasteiger partial charge in [0.15, 0.2) is 6.10 Å². The highest BCUT2D eigenvalue weighted by Crippen LogP contribution is 2.21. The van der Waals surface area contributed by atoms with Crippen LogP contribution in [-0.4, -0.2) is 28.6 Å². The van der Waals surface area contributed by atoms with Crippen molar-refractivity contribution in [1.82, 2.24) is 9.55 Å². The lowest BCUT2D eigenvalue weighted by Crippen LogP contribution is -2.39. The zero-order valence-electron chi connectivity index (χ0n) is 13.4. The van der Waals surface area contributed by atoms with Crippen LogP contribution < -0.4 is 9.64 Å². The van der Waals surface area contributed by atoms with E-state index in [0.29, 0.717) is 11.7 Å². The fourth-order valence-electron chi connectivity index (χ4n) is 2.56. The van der Waals surface area contributed by atoms with Crippen LogP contribution in [0.3, 0.4) is 0 Å². The van der Waals surface area contributed by atoms with E-state index < -0.39 is 6.10 Å². The Morgan fingerprint density at radius 3 is 2.48 bits per heavy atom. The number of hydrogen-bond donors (Lipinski definition) is 0. The quantitative estimate of drug-likeness (QED) is 0.744. The number of para-hydroxylation sites is 3. The minimum atomic E-state index is -0.595. The molecule has 118 valence electrons. The summed E-state index contributed by atoms with van der Waals surface area (Å²) in [5.41, 5.74) is 1.85. The van der Waals surface area contributed by atoms with Gasteiger partial charge in [0, 0.05) is 14.1 Å². The minimum absolute atomic E-state index is 0.146. The molecular weight excluding hydrogens is 290 g/mol. The van der Waals surface area contributed by atoms with Crippen molar-refractivity contribution in [3.05, 3.63) is 54.6 Å². The van der Waals surface area contributed by atoms with E-state index >= 15 is 0 Å². The number of likely N-dealkylation sites (N-methyl/N-ethyl adjacent to an activating group) is 1. The number of anilines is 1. The topological polar surface area (TPSA) is 47.4 Å². The standard InChI is InChI=1S/C18H19N3O2/c1-13(23-14-9-5-4-6-10-14)17(22)21(3)18-19-15-11-7-8-12-16(15)20(18)2/h4-13H,1-3H3. The summed E-state index contributed by atoms with van der Waals surface area (Å²) in [6, 6.07) is 17.1. The number of ether oxygens (including phenoxy) is 1. The number of rotatable bonds is 4. The number of carbonyl (C=O) groups is 1. The van der Waals surface area contributed by atoms with E-state index in [2.05, 4.69) is 4.98 Å². The van der Waals surface area contributed by atoms with Crippen LogP contribution in [-0.2, 0) is 11.8 Å². The van der Waals surface area contributed by atoms with E-state index in [-0.39, 0.29) is 5.91 Å². The van der Waals surface area contributed by atoms with Gasteiger partial charge in [0.2, 0.25) is 5.95 Å². The predicted octanol–water partition coefficient (Wildman–Crippen LogP) is 3.00. The van der Waals surface area contributed by atoms with Gasteiger partial charge in [-0.3, -0.25) is 9.69 Å². The van der Waals surface area contributed by atoms with Crippen LogP contribution in [0.5, 0.6) is 5.75 Å². The highest BCUT2D eigenvalue weighted by atomic mass is 16.5. The summed E-state index contributed by atoms with van der Waals surface area (Å²) in [4.78, 5) is 18.7. The third kappa shape index (κ3) is 2.90. The third-order valence-electron chi connectivity index (χ3n) is 3.80. The molecule has 1 amide bonds. The van der Waals surface area contributed by atoms with Crippen molar-refractivity contribution in [3.8, 4) is 5.75 Å². The van der Waals surface area contributed by atoms with Gasteiger partial charge in [0.05, 0.1) is 11.0 Å². The van der Waals surface area contributed by atoms with E-state index in [1.807, 2.05) is 66.2 Å². The summed E-state index contributed by atoms with van der Waals surface area (Å²) in [6.07, 6.45) is -0.595. The van der Waals surface area contributed by atoms with E-state index in [0.717, 1.165) is 11.0 Å². The first-order valence-corrected chi connectivity index (χ1v) is 7.48. The van der Waals surface area contributed by atoms with Crippen molar-refractivity contribution in [2.24, 2.45) is 7.05 Å². The molecule has 0 bridgehead atoms. The zero-order chi connectivity index (χ0) is 16.4. The molecule has 0 saturated heterocycles. The monoisotopic (exact) mass is 309 g/mol. The molecule has 2 aromatic carbocycles. The predicted molar refractivity (Wildman–Crippen MR) is 90.7 cm³/mol. The number of carbonyl (C=O) groups excluding carboxylic acids is 1. The largest absolute Gasteiger partial charge is 0.481 e. The molecule has 1 heterocycles. The summed E-state index contributed by atoms with van der Waals surface area (Å²) in [5, 5.41) is 0. The maximum atomic E-state index is 12.6. The zero-order valence-corrected chi connectivity index (χ0v) is 13.4. The van der Waals surface area contributed by atoms with E-state index in [1.54, 1.807) is 14.0 Å². The average molecular weight is 309 g/mol. The number of aromatic nitrogens is 2. The second-order valence-corrected chi connectivity index (χ2v) is 5.43. The highest BCUT2D eigenvalue weighted by molar-refractivity contribution is 5.96. The molecule has 0 fully saturated rings. The molecule has 0 spiro atoms. The van der Waals surface area contributed by atoms with Crippen LogP contribution >= 0.6 is 0 Å². The van der Waals surface area contributed by atoms with E-state index in [9.17, 15) is 4.79 Å². The Labute approximate surface area is 135 Å². The lowest BCUT2D eigenvalue weighted by molar-refractivity contribution is -0.124. The molecule has 1 unspecified atom stereocenters. The van der Waals surface area contributed by atoms with Crippen molar-refractivity contribution >= 4 is 22.9 Å². The van der Waals surface area contributed by atoms with Crippen molar-refractivity contribution in [2.45, 2.75) is 13.0 Å². The fourth-order valence-corrected chi connectivity index (χ4v) is 2.56. The molecule has 5 heteroatoms. The van der Waals surface area contributed by atoms with Crippen LogP contribution in [0, 0.1) is 0 Å². The van der Waals surface area contributed by atoms with Crippen molar-refractivity contribution in [1.29, 1.82) is 0 Å². The highest BCUT2D eigenvalue weighted by Gasteiger charge is 2.23. The molecule has 0 aliphatic rings. The minimum Gasteiger partial charge on any atom is -0.481 e. The number of nitrogens with zero attached hydrogens (tertiary/aromatic N) is 3. The second kappa shape index (κ2) is 6.12. The Balaban J connectivity index is 1.82. The van der Waals surface area contributed by atoms with E-state index in [1.165, 1.54) is 4.90 Å². The molecule has 23 heavy (non-hydrogen) atoms. The fraction of sp³-hybridized carbons (Fsp3) is 0.222. The van der Waals surface area contributed by atoms with Gasteiger partial charge in [-0.1, -0.05) is 30.3 Å². The lowest BCUT2D eigenvalue weighted by Gasteiger charge is -2.21. The van der Waals surface area contributed by atoms with Crippen LogP contribution in [0.25, 0.3) is 11.0 Å². The number of aryl methyl sites for hydroxylation is 1. The maximum Gasteiger partial charge on any atom is 0.269 e. The van der Waals surface area contributed by atoms with Gasteiger partial charge in [-0.15, -0.1) is 0 Å². The van der Waals surface area contributed by atoms with Crippen LogP contribution in [0.2, 0.25) is 0 Å². The second-order valence-electron chi connectivity index (χ2n) is 5.43. The molecule has 0 saturated carbocycles. The van der Waals surface area contributed by atoms with Crippen LogP contribution in [0.1, 0.15) is 6.92 Å². The number of fused-ring (bicyclic) bond motifs is 1. The summed E-state index contributed by atoms with van der Waals surface area (Å²) in [6.45, 7) is 1.74. The lowest BCUT2D eigenvalue weighted by atomic mass is 10.3. The molecular formula is C18H19N3O2. The summed E-state index contributed by atoms with van der Waals surface area (Å²) in [5.74, 6) is 1.12. The van der Waals surface area contributed by atoms with Gasteiger partial charge < -0.3 is 9.30 Å². The Bertz CT molecular complexity index is 827. The first kappa shape index (κ1) is 15.1. The SMILES string of the molecule is CC(Oc1ccccc1)C(=O)N(C)c1nc2ccccc2n1C. The van der Waals surface area contributed by atoms with Gasteiger partial charge in [0.1, 0.15) is 5.75 Å². The number of hydrogen-bond acceptors (Lipinski definition) is 3. The van der Waals surface area contributed by atoms with Crippen molar-refractivity contribution < 1.29 is 9.53 Å². The Kier molecular flexibility index (Phi) is 4.02. The van der Waals surface area contributed by atoms with Gasteiger partial charge in [-0.05, 0) is 31.2 Å². The van der Waals surface area contributed by atoms with Crippen molar-refractivity contribution in [2.75, 3.05) is 11.9 Å². The summed E-state index contributed by atoms with van der Waals surface area (Å²) < 4.78 is 7.61. The molecule has 5 nitrogen and oxygen atoms in total. The molecule has 3 aromatic rings. The Morgan fingerprint density at radius 2 is 1.78 bits per heavy atom. The van der Waals surface area contributed by atoms with Crippen molar-refractivity contribution in [3.63, 3.8) is 0 Å². The molecule has 0 N–H and O–H groups in total. The number of imidazole rings is 1.